The molecule has 0 bridgehead atoms. The summed E-state index contributed by atoms with van der Waals surface area (Å²) in [6.07, 6.45) is -75.6. The Morgan fingerprint density at radius 1 is 0.295 bits per heavy atom. The highest BCUT2D eigenvalue weighted by molar-refractivity contribution is 7.80. The second-order valence-corrected chi connectivity index (χ2v) is 26.9. The first-order chi connectivity index (χ1) is 49.5. The number of rotatable bonds is 28. The lowest BCUT2D eigenvalue weighted by molar-refractivity contribution is -0.397. The van der Waals surface area contributed by atoms with Crippen molar-refractivity contribution in [3.63, 3.8) is 0 Å². The summed E-state index contributed by atoms with van der Waals surface area (Å²) in [4.78, 5) is 50.4. The van der Waals surface area contributed by atoms with Crippen LogP contribution in [0.3, 0.4) is 0 Å². The molecule has 0 saturated carbocycles. The minimum absolute atomic E-state index is 0.780. The fraction of sp³-hybridized carbons (Fsp3) is 0.929. The van der Waals surface area contributed by atoms with E-state index in [4.69, 9.17) is 71.1 Å². The lowest BCUT2D eigenvalue weighted by Crippen LogP contribution is -2.71. The molecule has 4 amide bonds. The average Bonchev–Trinajstić information content (AvgIpc) is 0.762. The average molecular weight is 1560 g/mol. The Kier molecular flexibility index (Phi) is 31.1. The van der Waals surface area contributed by atoms with Crippen LogP contribution in [0.15, 0.2) is 0 Å². The van der Waals surface area contributed by atoms with E-state index in [2.05, 4.69) is 25.5 Å². The number of hydrogen-bond acceptors (Lipinski definition) is 43. The number of aliphatic hydroxyl groups is 21. The zero-order valence-electron chi connectivity index (χ0n) is 56.0. The highest BCUT2D eigenvalue weighted by Gasteiger charge is 2.60. The lowest BCUT2D eigenvalue weighted by Gasteiger charge is -2.51. The molecule has 8 fully saturated rings. The van der Waals surface area contributed by atoms with E-state index in [0.29, 0.717) is 0 Å². The molecule has 49 heteroatoms. The highest BCUT2D eigenvalue weighted by atomic mass is 32.3. The van der Waals surface area contributed by atoms with E-state index in [0.717, 1.165) is 27.7 Å². The summed E-state index contributed by atoms with van der Waals surface area (Å²) >= 11 is 0. The molecule has 48 nitrogen and oxygen atoms in total. The first kappa shape index (κ1) is 86.9. The van der Waals surface area contributed by atoms with E-state index >= 15 is 0 Å². The van der Waals surface area contributed by atoms with Crippen LogP contribution in [0.2, 0.25) is 0 Å². The largest absolute Gasteiger partial charge is 0.397 e. The molecule has 8 aliphatic rings. The summed E-state index contributed by atoms with van der Waals surface area (Å²) < 4.78 is 125. The third-order valence-electron chi connectivity index (χ3n) is 18.5. The number of aliphatic hydroxyl groups excluding tert-OH is 21. The number of nitrogens with one attached hydrogen (secondary N) is 4. The second kappa shape index (κ2) is 37.6. The van der Waals surface area contributed by atoms with Gasteiger partial charge < -0.3 is 200 Å². The lowest BCUT2D eigenvalue weighted by atomic mass is 9.93. The maximum absolute atomic E-state index is 13.0. The van der Waals surface area contributed by atoms with Gasteiger partial charge in [-0.2, -0.15) is 8.42 Å². The monoisotopic (exact) mass is 1560 g/mol. The predicted octanol–water partition coefficient (Wildman–Crippen LogP) is -18.0. The van der Waals surface area contributed by atoms with E-state index in [-0.39, 0.29) is 0 Å². The van der Waals surface area contributed by atoms with E-state index in [1.165, 1.54) is 0 Å². The zero-order valence-corrected chi connectivity index (χ0v) is 56.8. The molecule has 26 N–H and O–H groups in total. The Morgan fingerprint density at radius 3 is 1.03 bits per heavy atom. The van der Waals surface area contributed by atoms with Gasteiger partial charge in [0.15, 0.2) is 50.3 Å². The normalized spacial score (nSPS) is 47.1. The number of hydrogen-bond donors (Lipinski definition) is 26. The summed E-state index contributed by atoms with van der Waals surface area (Å²) in [5.41, 5.74) is 0. The zero-order chi connectivity index (χ0) is 77.7. The molecule has 8 aliphatic heterocycles. The maximum atomic E-state index is 13.0. The third-order valence-corrected chi connectivity index (χ3v) is 18.9. The number of carbonyl (C=O) groups excluding carboxylic acids is 4. The van der Waals surface area contributed by atoms with Crippen molar-refractivity contribution < 1.29 is 215 Å². The van der Waals surface area contributed by atoms with Crippen molar-refractivity contribution in [2.75, 3.05) is 52.9 Å². The molecule has 40 atom stereocenters. The number of ether oxygens (including phenoxy) is 15. The molecule has 8 saturated heterocycles. The van der Waals surface area contributed by atoms with Crippen LogP contribution < -0.4 is 21.3 Å². The van der Waals surface area contributed by atoms with Gasteiger partial charge in [0.2, 0.25) is 23.6 Å². The molecule has 105 heavy (non-hydrogen) atoms. The quantitative estimate of drug-likeness (QED) is 0.0324. The van der Waals surface area contributed by atoms with Gasteiger partial charge in [0.05, 0.1) is 52.9 Å². The molecule has 0 aromatic heterocycles. The molecule has 0 spiro atoms. The van der Waals surface area contributed by atoms with Crippen LogP contribution in [0.5, 0.6) is 0 Å². The fourth-order valence-corrected chi connectivity index (χ4v) is 13.7. The first-order valence-corrected chi connectivity index (χ1v) is 34.1. The second-order valence-electron chi connectivity index (χ2n) is 25.9. The molecule has 0 aromatic rings. The van der Waals surface area contributed by atoms with Gasteiger partial charge in [0, 0.05) is 27.7 Å². The Hall–Kier alpha value is -3.69. The van der Waals surface area contributed by atoms with Gasteiger partial charge in [-0.15, -0.1) is 0 Å². The molecule has 608 valence electrons. The van der Waals surface area contributed by atoms with Gasteiger partial charge >= 0.3 is 10.4 Å². The Labute approximate surface area is 594 Å². The summed E-state index contributed by atoms with van der Waals surface area (Å²) in [5, 5.41) is 242. The van der Waals surface area contributed by atoms with Crippen LogP contribution in [0.4, 0.5) is 0 Å². The molecular weight excluding hydrogens is 1460 g/mol. The van der Waals surface area contributed by atoms with Crippen LogP contribution in [-0.2, 0) is 105 Å². The SMILES string of the molecule is CC(=O)N[C@H]1[C@H](O[C@H]2[C@H](O)[C@@H](NC(C)=O)[C@H](O[C@@H]3[C@@H](O[C@@H]4[C@H](O)[C@H](O[C@H]5[C@H](O)[C@@H](NC(C)=O)[C@H](O[C@H]6[C@H](O)[C@@H](NC(C)=O)C(O)O[C@@H]6CO)O[C@@H]5CO)O[C@H](CO[C@H]5O[C@H](CO)[C@@H](O)[C@H](O[C@H]6O[C@H](CO)[C@@H](O)[C@H](O)[C@@H]6O)[C@@H]5O)[C@H]4O)O[C@H](CO)[C@@H](O)[C@@H]3O)O[C@@H]2CO)O[C@H](CO)[C@H](OS(=O)(=O)O)[C@@H]1O. The van der Waals surface area contributed by atoms with E-state index in [1.807, 2.05) is 0 Å². The van der Waals surface area contributed by atoms with E-state index in [9.17, 15) is 139 Å². The standard InChI is InChI=1S/C56H94N4O44S/c1-13(68)57-25-33(76)42(20(8-64)90-49(25)85)98-50-26(58-14(2)69)35(78)44(22(10-66)94-50)100-55-41(84)47(32(75)24(97-55)12-89-53-40(83)46(31(74)19(7-63)91-53)101-54-39(82)37(80)29(72)17(5-61)92-54)102-56-48(38(81)30(73)18(6-62)93-56)103-52-27(59-15(3)70)34(77)43(21(9-65)95-52)99-51-28(60-16(4)71)36(79)45(23(11-67)96-51)104-105(86,87)88/h17-56,61-67,72-85H,5-12H2,1-4H3,(H,57,68)(H,58,69)(H,59,70)(H,60,71)(H,86,87,88)/t17-,18-,19-,20-,21-,22-,23-,24-,25-,26-,27-,28-,29-,30-,31-,32-,33-,34-,35-,36-,37+,38+,39+,40+,41+,42-,43-,44-,45+,46+,47+,48+,49?,50+,51+,52+,53+,54-,55+,56-/m1/s1. The molecule has 1 unspecified atom stereocenters. The van der Waals surface area contributed by atoms with Crippen LogP contribution in [0.25, 0.3) is 0 Å². The van der Waals surface area contributed by atoms with Crippen LogP contribution in [-0.4, -0.2) is 442 Å². The molecular formula is C56H94N4O44S. The van der Waals surface area contributed by atoms with E-state index in [1.54, 1.807) is 0 Å². The fourth-order valence-electron chi connectivity index (χ4n) is 13.2. The van der Waals surface area contributed by atoms with Gasteiger partial charge in [-0.3, -0.25) is 23.7 Å². The van der Waals surface area contributed by atoms with Crippen molar-refractivity contribution in [2.45, 2.75) is 273 Å². The van der Waals surface area contributed by atoms with Crippen LogP contribution >= 0.6 is 0 Å². The van der Waals surface area contributed by atoms with Crippen molar-refractivity contribution in [3.05, 3.63) is 0 Å². The van der Waals surface area contributed by atoms with Crippen LogP contribution in [0, 0.1) is 0 Å². The molecule has 0 radical (unpaired) electrons. The van der Waals surface area contributed by atoms with Gasteiger partial charge in [-0.1, -0.05) is 0 Å². The topological polar surface area (TPSA) is 743 Å². The maximum Gasteiger partial charge on any atom is 0.397 e. The molecule has 8 heterocycles. The summed E-state index contributed by atoms with van der Waals surface area (Å²) in [7, 11) is -5.41. The predicted molar refractivity (Wildman–Crippen MR) is 321 cm³/mol. The summed E-state index contributed by atoms with van der Waals surface area (Å²) in [5.74, 6) is -3.65. The smallest absolute Gasteiger partial charge is 0.394 e. The van der Waals surface area contributed by atoms with Crippen molar-refractivity contribution in [1.29, 1.82) is 0 Å². The van der Waals surface area contributed by atoms with Crippen LogP contribution in [0.1, 0.15) is 27.7 Å². The Bertz CT molecular complexity index is 2910. The third kappa shape index (κ3) is 20.0. The minimum Gasteiger partial charge on any atom is -0.394 e. The van der Waals surface area contributed by atoms with Crippen molar-refractivity contribution >= 4 is 34.0 Å². The van der Waals surface area contributed by atoms with Gasteiger partial charge in [0.25, 0.3) is 0 Å². The first-order valence-electron chi connectivity index (χ1n) is 32.8. The minimum atomic E-state index is -5.41. The van der Waals surface area contributed by atoms with Crippen molar-refractivity contribution in [3.8, 4) is 0 Å². The van der Waals surface area contributed by atoms with Crippen molar-refractivity contribution in [2.24, 2.45) is 0 Å². The van der Waals surface area contributed by atoms with Gasteiger partial charge in [-0.25, -0.2) is 4.18 Å². The summed E-state index contributed by atoms with van der Waals surface area (Å²) in [6.45, 7) is -5.13. The van der Waals surface area contributed by atoms with Gasteiger partial charge in [-0.05, 0) is 0 Å². The van der Waals surface area contributed by atoms with Gasteiger partial charge in [0.1, 0.15) is 195 Å². The number of carbonyl (C=O) groups is 4. The molecule has 0 aliphatic carbocycles. The molecule has 8 rings (SSSR count). The highest BCUT2D eigenvalue weighted by Crippen LogP contribution is 2.39. The number of amides is 4. The Morgan fingerprint density at radius 2 is 0.590 bits per heavy atom. The summed E-state index contributed by atoms with van der Waals surface area (Å²) in [6, 6.07) is -7.46. The van der Waals surface area contributed by atoms with E-state index < -0.39 is 332 Å². The molecule has 0 aromatic carbocycles. The van der Waals surface area contributed by atoms with Crippen molar-refractivity contribution in [1.82, 2.24) is 21.3 Å². The Balaban J connectivity index is 1.12.